The molecule has 7 aromatic carbocycles. The SMILES string of the molecule is c1ccc(-c2nc(-c3ccccc3)nc(-c3ccc4ccc5c(-c6ccc(-c7nc(-c8ccccn8)nc(-c8ccccn8)n7)cc6)ccc6ccc3c4c65)n2)cc1. The van der Waals surface area contributed by atoms with Crippen molar-refractivity contribution in [2.75, 3.05) is 0 Å². The summed E-state index contributed by atoms with van der Waals surface area (Å²) in [5.41, 5.74) is 7.26. The predicted octanol–water partition coefficient (Wildman–Crippen LogP) is 11.4. The Kier molecular flexibility index (Phi) is 7.96. The smallest absolute Gasteiger partial charge is 0.182 e. The maximum Gasteiger partial charge on any atom is 0.182 e. The summed E-state index contributed by atoms with van der Waals surface area (Å²) in [6.45, 7) is 0. The molecule has 4 heterocycles. The van der Waals surface area contributed by atoms with E-state index >= 15 is 0 Å². The van der Waals surface area contributed by atoms with Gasteiger partial charge in [0.25, 0.3) is 0 Å². The minimum absolute atomic E-state index is 0.492. The lowest BCUT2D eigenvalue weighted by Gasteiger charge is -2.16. The Morgan fingerprint density at radius 2 is 0.655 bits per heavy atom. The molecular formula is C50H30N8. The first-order chi connectivity index (χ1) is 28.7. The van der Waals surface area contributed by atoms with Crippen molar-refractivity contribution in [2.24, 2.45) is 0 Å². The van der Waals surface area contributed by atoms with E-state index in [0.29, 0.717) is 46.3 Å². The molecule has 0 saturated heterocycles. The number of aromatic nitrogens is 8. The molecule has 11 rings (SSSR count). The van der Waals surface area contributed by atoms with Crippen LogP contribution in [0.25, 0.3) is 112 Å². The third-order valence-electron chi connectivity index (χ3n) is 10.5. The lowest BCUT2D eigenvalue weighted by Crippen LogP contribution is -2.01. The molecule has 4 aromatic heterocycles. The maximum atomic E-state index is 5.08. The highest BCUT2D eigenvalue weighted by atomic mass is 15.1. The first-order valence-electron chi connectivity index (χ1n) is 19.0. The van der Waals surface area contributed by atoms with Gasteiger partial charge in [0.05, 0.1) is 0 Å². The van der Waals surface area contributed by atoms with Gasteiger partial charge in [0.1, 0.15) is 11.4 Å². The molecule has 8 nitrogen and oxygen atoms in total. The predicted molar refractivity (Wildman–Crippen MR) is 231 cm³/mol. The standard InChI is InChI=1S/C50H30N8/c1-3-11-34(12-4-1)45-53-46(35-13-5-2-6-14-35)55-48(54-45)40-28-24-33-22-26-38-37(25-21-32-23-27-39(40)44(33)43(32)38)31-17-19-36(20-18-31)47-56-49(41-15-7-9-29-51-41)58-50(57-47)42-16-8-10-30-52-42/h1-30H. The topological polar surface area (TPSA) is 103 Å². The van der Waals surface area contributed by atoms with Crippen LogP contribution in [0.15, 0.2) is 182 Å². The molecule has 270 valence electrons. The van der Waals surface area contributed by atoms with Crippen LogP contribution < -0.4 is 0 Å². The largest absolute Gasteiger partial charge is 0.253 e. The molecule has 0 atom stereocenters. The summed E-state index contributed by atoms with van der Waals surface area (Å²) in [7, 11) is 0. The van der Waals surface area contributed by atoms with Gasteiger partial charge >= 0.3 is 0 Å². The maximum absolute atomic E-state index is 5.08. The van der Waals surface area contributed by atoms with Crippen molar-refractivity contribution in [1.29, 1.82) is 0 Å². The molecular weight excluding hydrogens is 713 g/mol. The van der Waals surface area contributed by atoms with Crippen molar-refractivity contribution < 1.29 is 0 Å². The Hall–Kier alpha value is -8.10. The van der Waals surface area contributed by atoms with E-state index in [0.717, 1.165) is 44.2 Å². The second-order valence-electron chi connectivity index (χ2n) is 14.0. The van der Waals surface area contributed by atoms with Gasteiger partial charge in [-0.1, -0.05) is 140 Å². The van der Waals surface area contributed by atoms with Crippen LogP contribution in [0.5, 0.6) is 0 Å². The van der Waals surface area contributed by atoms with Crippen LogP contribution in [0.2, 0.25) is 0 Å². The molecule has 0 radical (unpaired) electrons. The molecule has 0 amide bonds. The van der Waals surface area contributed by atoms with E-state index < -0.39 is 0 Å². The van der Waals surface area contributed by atoms with Gasteiger partial charge in [-0.3, -0.25) is 9.97 Å². The summed E-state index contributed by atoms with van der Waals surface area (Å²) >= 11 is 0. The number of hydrogen-bond acceptors (Lipinski definition) is 8. The second-order valence-corrected chi connectivity index (χ2v) is 14.0. The minimum atomic E-state index is 0.492. The molecule has 11 aromatic rings. The molecule has 0 aliphatic carbocycles. The van der Waals surface area contributed by atoms with Crippen molar-refractivity contribution in [2.45, 2.75) is 0 Å². The van der Waals surface area contributed by atoms with Crippen LogP contribution in [0.4, 0.5) is 0 Å². The van der Waals surface area contributed by atoms with Crippen molar-refractivity contribution >= 4 is 32.3 Å². The average molecular weight is 743 g/mol. The Morgan fingerprint density at radius 3 is 1.17 bits per heavy atom. The first-order valence-corrected chi connectivity index (χ1v) is 19.0. The Bertz CT molecular complexity index is 3140. The third kappa shape index (κ3) is 5.88. The average Bonchev–Trinajstić information content (AvgIpc) is 3.31. The summed E-state index contributed by atoms with van der Waals surface area (Å²) in [6, 6.07) is 57.6. The van der Waals surface area contributed by atoms with Gasteiger partial charge in [-0.25, -0.2) is 29.9 Å². The van der Waals surface area contributed by atoms with E-state index in [9.17, 15) is 0 Å². The van der Waals surface area contributed by atoms with Crippen LogP contribution in [0.1, 0.15) is 0 Å². The fourth-order valence-electron chi connectivity index (χ4n) is 7.70. The van der Waals surface area contributed by atoms with Gasteiger partial charge in [-0.2, -0.15) is 0 Å². The zero-order chi connectivity index (χ0) is 38.4. The van der Waals surface area contributed by atoms with Crippen LogP contribution in [0, 0.1) is 0 Å². The molecule has 58 heavy (non-hydrogen) atoms. The number of benzene rings is 7. The highest BCUT2D eigenvalue weighted by molar-refractivity contribution is 6.27. The molecule has 0 N–H and O–H groups in total. The van der Waals surface area contributed by atoms with Crippen molar-refractivity contribution in [3.05, 3.63) is 182 Å². The van der Waals surface area contributed by atoms with Crippen LogP contribution in [0.3, 0.4) is 0 Å². The van der Waals surface area contributed by atoms with E-state index in [1.165, 1.54) is 21.5 Å². The van der Waals surface area contributed by atoms with Crippen LogP contribution in [-0.4, -0.2) is 39.9 Å². The summed E-state index contributed by atoms with van der Waals surface area (Å²) < 4.78 is 0. The molecule has 8 heteroatoms. The highest BCUT2D eigenvalue weighted by Crippen LogP contribution is 2.42. The highest BCUT2D eigenvalue weighted by Gasteiger charge is 2.19. The second kappa shape index (κ2) is 13.9. The van der Waals surface area contributed by atoms with Gasteiger partial charge in [0.15, 0.2) is 34.9 Å². The zero-order valence-electron chi connectivity index (χ0n) is 30.9. The van der Waals surface area contributed by atoms with Crippen molar-refractivity contribution in [3.63, 3.8) is 0 Å². The van der Waals surface area contributed by atoms with E-state index in [1.54, 1.807) is 12.4 Å². The van der Waals surface area contributed by atoms with Gasteiger partial charge in [0, 0.05) is 34.6 Å². The molecule has 0 fully saturated rings. The summed E-state index contributed by atoms with van der Waals surface area (Å²) in [4.78, 5) is 38.6. The Morgan fingerprint density at radius 1 is 0.259 bits per heavy atom. The van der Waals surface area contributed by atoms with Crippen molar-refractivity contribution in [1.82, 2.24) is 39.9 Å². The van der Waals surface area contributed by atoms with Gasteiger partial charge in [-0.15, -0.1) is 0 Å². The first kappa shape index (κ1) is 33.3. The minimum Gasteiger partial charge on any atom is -0.253 e. The molecule has 0 bridgehead atoms. The summed E-state index contributed by atoms with van der Waals surface area (Å²) in [6.07, 6.45) is 3.48. The Labute approximate surface area is 333 Å². The fourth-order valence-corrected chi connectivity index (χ4v) is 7.70. The number of rotatable bonds is 7. The van der Waals surface area contributed by atoms with E-state index in [-0.39, 0.29) is 0 Å². The summed E-state index contributed by atoms with van der Waals surface area (Å²) in [5.74, 6) is 3.45. The third-order valence-corrected chi connectivity index (χ3v) is 10.5. The fraction of sp³-hybridized carbons (Fsp3) is 0. The normalized spacial score (nSPS) is 11.4. The lowest BCUT2D eigenvalue weighted by molar-refractivity contribution is 1.05. The van der Waals surface area contributed by atoms with Gasteiger partial charge in [-0.05, 0) is 73.8 Å². The van der Waals surface area contributed by atoms with Crippen LogP contribution in [-0.2, 0) is 0 Å². The van der Waals surface area contributed by atoms with Crippen LogP contribution >= 0.6 is 0 Å². The lowest BCUT2D eigenvalue weighted by atomic mass is 9.88. The quantitative estimate of drug-likeness (QED) is 0.149. The number of nitrogens with zero attached hydrogens (tertiary/aromatic N) is 8. The molecule has 0 saturated carbocycles. The number of pyridine rings is 2. The Balaban J connectivity index is 1.03. The summed E-state index contributed by atoms with van der Waals surface area (Å²) in [5, 5.41) is 6.98. The molecule has 0 aliphatic rings. The van der Waals surface area contributed by atoms with Gasteiger partial charge in [0.2, 0.25) is 0 Å². The van der Waals surface area contributed by atoms with Crippen molar-refractivity contribution in [3.8, 4) is 79.7 Å². The van der Waals surface area contributed by atoms with E-state index in [1.807, 2.05) is 97.1 Å². The van der Waals surface area contributed by atoms with E-state index in [4.69, 9.17) is 29.9 Å². The monoisotopic (exact) mass is 742 g/mol. The van der Waals surface area contributed by atoms with E-state index in [2.05, 4.69) is 82.8 Å². The number of hydrogen-bond donors (Lipinski definition) is 0. The van der Waals surface area contributed by atoms with Gasteiger partial charge < -0.3 is 0 Å². The molecule has 0 unspecified atom stereocenters. The molecule has 0 spiro atoms. The zero-order valence-corrected chi connectivity index (χ0v) is 30.9. The molecule has 0 aliphatic heterocycles.